The smallest absolute Gasteiger partial charge is 0.213 e. The number of nitrogens with zero attached hydrogens (tertiary/aromatic N) is 2. The molecule has 0 amide bonds. The van der Waals surface area contributed by atoms with Gasteiger partial charge in [-0.15, -0.1) is 0 Å². The van der Waals surface area contributed by atoms with Crippen molar-refractivity contribution in [2.75, 3.05) is 0 Å². The number of halogens is 2. The Bertz CT molecular complexity index is 1020. The Labute approximate surface area is 174 Å². The van der Waals surface area contributed by atoms with E-state index in [0.717, 1.165) is 43.5 Å². The molecular weight excluding hydrogens is 468 g/mol. The number of hydrogen-bond acceptors (Lipinski definition) is 3. The molecule has 2 aliphatic heterocycles. The molecule has 0 saturated heterocycles. The van der Waals surface area contributed by atoms with Crippen LogP contribution < -0.4 is 4.74 Å². The highest BCUT2D eigenvalue weighted by Gasteiger charge is 2.41. The van der Waals surface area contributed by atoms with Gasteiger partial charge in [0, 0.05) is 22.0 Å². The number of benzene rings is 3. The summed E-state index contributed by atoms with van der Waals surface area (Å²) in [6.07, 6.45) is 0.606. The fourth-order valence-corrected chi connectivity index (χ4v) is 5.11. The second-order valence-corrected chi connectivity index (χ2v) is 8.47. The number of ether oxygens (including phenoxy) is 1. The van der Waals surface area contributed by atoms with Gasteiger partial charge < -0.3 is 4.74 Å². The summed E-state index contributed by atoms with van der Waals surface area (Å²) >= 11 is 7.30. The van der Waals surface area contributed by atoms with Crippen LogP contribution in [0.5, 0.6) is 5.75 Å². The third kappa shape index (κ3) is 2.99. The monoisotopic (exact) mass is 482 g/mol. The van der Waals surface area contributed by atoms with E-state index < -0.39 is 0 Å². The van der Waals surface area contributed by atoms with Crippen LogP contribution in [0.3, 0.4) is 0 Å². The zero-order valence-electron chi connectivity index (χ0n) is 14.3. The van der Waals surface area contributed by atoms with Crippen molar-refractivity contribution in [2.24, 2.45) is 5.10 Å². The molecule has 5 heteroatoms. The average Bonchev–Trinajstić information content (AvgIpc) is 3.15. The van der Waals surface area contributed by atoms with E-state index in [0.29, 0.717) is 0 Å². The van der Waals surface area contributed by atoms with Crippen LogP contribution >= 0.6 is 31.9 Å². The first-order valence-electron chi connectivity index (χ1n) is 8.82. The van der Waals surface area contributed by atoms with Crippen LogP contribution in [-0.4, -0.2) is 10.7 Å². The quantitative estimate of drug-likeness (QED) is 0.418. The Kier molecular flexibility index (Phi) is 4.29. The van der Waals surface area contributed by atoms with Gasteiger partial charge in [0.15, 0.2) is 0 Å². The molecule has 3 aromatic rings. The molecule has 2 unspecified atom stereocenters. The molecule has 3 aromatic carbocycles. The summed E-state index contributed by atoms with van der Waals surface area (Å²) < 4.78 is 8.44. The average molecular weight is 484 g/mol. The summed E-state index contributed by atoms with van der Waals surface area (Å²) in [7, 11) is 0. The predicted octanol–water partition coefficient (Wildman–Crippen LogP) is 6.45. The Morgan fingerprint density at radius 1 is 0.926 bits per heavy atom. The second kappa shape index (κ2) is 6.80. The van der Waals surface area contributed by atoms with Crippen molar-refractivity contribution >= 4 is 37.6 Å². The molecule has 3 nitrogen and oxygen atoms in total. The van der Waals surface area contributed by atoms with Gasteiger partial charge in [0.05, 0.1) is 16.2 Å². The van der Waals surface area contributed by atoms with E-state index in [1.54, 1.807) is 0 Å². The second-order valence-electron chi connectivity index (χ2n) is 6.70. The van der Waals surface area contributed by atoms with Crippen molar-refractivity contribution in [1.29, 1.82) is 0 Å². The van der Waals surface area contributed by atoms with E-state index in [1.807, 2.05) is 30.3 Å². The predicted molar refractivity (Wildman–Crippen MR) is 114 cm³/mol. The van der Waals surface area contributed by atoms with Crippen LogP contribution in [0.4, 0.5) is 0 Å². The van der Waals surface area contributed by atoms with Crippen LogP contribution in [0.1, 0.15) is 35.4 Å². The van der Waals surface area contributed by atoms with E-state index in [4.69, 9.17) is 9.84 Å². The molecule has 0 aromatic heterocycles. The maximum atomic E-state index is 6.45. The topological polar surface area (TPSA) is 24.8 Å². The first-order valence-corrected chi connectivity index (χ1v) is 10.4. The Morgan fingerprint density at radius 3 is 2.37 bits per heavy atom. The molecule has 0 spiro atoms. The molecule has 0 radical (unpaired) electrons. The molecule has 27 heavy (non-hydrogen) atoms. The molecule has 2 aliphatic rings. The van der Waals surface area contributed by atoms with Crippen LogP contribution in [0, 0.1) is 0 Å². The maximum Gasteiger partial charge on any atom is 0.213 e. The molecule has 2 atom stereocenters. The Morgan fingerprint density at radius 2 is 1.63 bits per heavy atom. The first kappa shape index (κ1) is 17.0. The molecule has 2 heterocycles. The van der Waals surface area contributed by atoms with E-state index in [-0.39, 0.29) is 12.3 Å². The summed E-state index contributed by atoms with van der Waals surface area (Å²) in [5.41, 5.74) is 4.50. The SMILES string of the molecule is Brc1cc(Br)c2c(c1)C1CC(c3ccccc3)=NN1C(c1ccccc1)O2. The van der Waals surface area contributed by atoms with E-state index in [2.05, 4.69) is 79.3 Å². The van der Waals surface area contributed by atoms with Crippen molar-refractivity contribution in [3.05, 3.63) is 98.4 Å². The van der Waals surface area contributed by atoms with Gasteiger partial charge in [-0.3, -0.25) is 0 Å². The van der Waals surface area contributed by atoms with Gasteiger partial charge in [-0.25, -0.2) is 5.01 Å². The summed E-state index contributed by atoms with van der Waals surface area (Å²) in [6.45, 7) is 0. The fourth-order valence-electron chi connectivity index (χ4n) is 3.76. The van der Waals surface area contributed by atoms with Crippen molar-refractivity contribution < 1.29 is 4.74 Å². The molecule has 134 valence electrons. The summed E-state index contributed by atoms with van der Waals surface area (Å²) in [4.78, 5) is 0. The molecule has 0 aliphatic carbocycles. The Hall–Kier alpha value is -2.11. The van der Waals surface area contributed by atoms with Crippen molar-refractivity contribution in [3.8, 4) is 5.75 Å². The minimum absolute atomic E-state index is 0.142. The summed E-state index contributed by atoms with van der Waals surface area (Å²) in [6, 6.07) is 25.0. The minimum Gasteiger partial charge on any atom is -0.463 e. The van der Waals surface area contributed by atoms with Crippen LogP contribution in [0.15, 0.2) is 86.8 Å². The summed E-state index contributed by atoms with van der Waals surface area (Å²) in [5.74, 6) is 0.901. The van der Waals surface area contributed by atoms with E-state index >= 15 is 0 Å². The zero-order valence-corrected chi connectivity index (χ0v) is 17.5. The van der Waals surface area contributed by atoms with Crippen LogP contribution in [0.2, 0.25) is 0 Å². The molecular formula is C22H16Br2N2O. The third-order valence-electron chi connectivity index (χ3n) is 5.00. The minimum atomic E-state index is -0.248. The zero-order chi connectivity index (χ0) is 18.4. The fraction of sp³-hybridized carbons (Fsp3) is 0.136. The van der Waals surface area contributed by atoms with E-state index in [9.17, 15) is 0 Å². The molecule has 5 rings (SSSR count). The van der Waals surface area contributed by atoms with Gasteiger partial charge in [-0.1, -0.05) is 76.6 Å². The standard InChI is InChI=1S/C22H16Br2N2O/c23-16-11-17-20-13-19(14-7-3-1-4-8-14)25-26(20)22(15-9-5-2-6-10-15)27-21(17)18(24)12-16/h1-12,20,22H,13H2. The highest BCUT2D eigenvalue weighted by Crippen LogP contribution is 2.50. The molecule has 0 bridgehead atoms. The number of hydrazone groups is 1. The van der Waals surface area contributed by atoms with Crippen molar-refractivity contribution in [3.63, 3.8) is 0 Å². The van der Waals surface area contributed by atoms with Gasteiger partial charge in [0.1, 0.15) is 5.75 Å². The van der Waals surface area contributed by atoms with Crippen LogP contribution in [0.25, 0.3) is 0 Å². The van der Waals surface area contributed by atoms with Gasteiger partial charge in [-0.05, 0) is 33.6 Å². The van der Waals surface area contributed by atoms with Gasteiger partial charge >= 0.3 is 0 Å². The normalized spacial score (nSPS) is 20.5. The Balaban J connectivity index is 1.64. The number of rotatable bonds is 2. The van der Waals surface area contributed by atoms with Crippen molar-refractivity contribution in [1.82, 2.24) is 5.01 Å². The lowest BCUT2D eigenvalue weighted by Crippen LogP contribution is -2.33. The summed E-state index contributed by atoms with van der Waals surface area (Å²) in [5, 5.41) is 7.10. The number of fused-ring (bicyclic) bond motifs is 3. The highest BCUT2D eigenvalue weighted by atomic mass is 79.9. The largest absolute Gasteiger partial charge is 0.463 e. The first-order chi connectivity index (χ1) is 13.2. The lowest BCUT2D eigenvalue weighted by molar-refractivity contribution is -0.0197. The highest BCUT2D eigenvalue weighted by molar-refractivity contribution is 9.11. The molecule has 0 N–H and O–H groups in total. The van der Waals surface area contributed by atoms with E-state index in [1.165, 1.54) is 0 Å². The molecule has 0 saturated carbocycles. The molecule has 0 fully saturated rings. The maximum absolute atomic E-state index is 6.45. The van der Waals surface area contributed by atoms with Gasteiger partial charge in [0.2, 0.25) is 6.23 Å². The van der Waals surface area contributed by atoms with Gasteiger partial charge in [0.25, 0.3) is 0 Å². The lowest BCUT2D eigenvalue weighted by atomic mass is 9.96. The lowest BCUT2D eigenvalue weighted by Gasteiger charge is -2.38. The third-order valence-corrected chi connectivity index (χ3v) is 6.05. The number of hydrogen-bond donors (Lipinski definition) is 0. The van der Waals surface area contributed by atoms with Crippen LogP contribution in [-0.2, 0) is 0 Å². The van der Waals surface area contributed by atoms with Gasteiger partial charge in [-0.2, -0.15) is 5.10 Å². The van der Waals surface area contributed by atoms with Crippen molar-refractivity contribution in [2.45, 2.75) is 18.7 Å².